The lowest BCUT2D eigenvalue weighted by atomic mass is 9.92. The van der Waals surface area contributed by atoms with E-state index in [0.717, 1.165) is 29.7 Å². The molecule has 17 heavy (non-hydrogen) atoms. The van der Waals surface area contributed by atoms with Crippen molar-refractivity contribution in [1.29, 1.82) is 0 Å². The first-order valence-electron chi connectivity index (χ1n) is 6.41. The Kier molecular flexibility index (Phi) is 5.20. The van der Waals surface area contributed by atoms with Gasteiger partial charge in [-0.2, -0.15) is 0 Å². The molecule has 0 heterocycles. The fourth-order valence-corrected chi connectivity index (χ4v) is 2.00. The Balaban J connectivity index is 3.09. The van der Waals surface area contributed by atoms with Crippen LogP contribution in [-0.2, 0) is 0 Å². The monoisotopic (exact) mass is 234 g/mol. The summed E-state index contributed by atoms with van der Waals surface area (Å²) >= 11 is 0. The van der Waals surface area contributed by atoms with E-state index < -0.39 is 0 Å². The molecule has 94 valence electrons. The summed E-state index contributed by atoms with van der Waals surface area (Å²) in [6.07, 6.45) is 1.77. The van der Waals surface area contributed by atoms with Crippen molar-refractivity contribution in [3.63, 3.8) is 0 Å². The van der Waals surface area contributed by atoms with Crippen LogP contribution >= 0.6 is 0 Å². The molecule has 2 nitrogen and oxygen atoms in total. The molecular weight excluding hydrogens is 212 g/mol. The maximum absolute atomic E-state index is 12.4. The fourth-order valence-electron chi connectivity index (χ4n) is 2.00. The summed E-state index contributed by atoms with van der Waals surface area (Å²) in [6.45, 7) is 8.64. The summed E-state index contributed by atoms with van der Waals surface area (Å²) in [4.78, 5) is 12.4. The highest BCUT2D eigenvalue weighted by atomic mass is 16.5. The number of ether oxygens (including phenoxy) is 1. The largest absolute Gasteiger partial charge is 0.493 e. The molecule has 1 aromatic carbocycles. The molecule has 0 unspecified atom stereocenters. The number of carbonyl (C=O) groups excluding carboxylic acids is 1. The average molecular weight is 234 g/mol. The Labute approximate surface area is 104 Å². The number of rotatable bonds is 6. The molecule has 0 radical (unpaired) electrons. The molecule has 1 rings (SSSR count). The molecule has 0 N–H and O–H groups in total. The minimum Gasteiger partial charge on any atom is -0.493 e. The molecule has 0 fully saturated rings. The first-order valence-corrected chi connectivity index (χ1v) is 6.41. The summed E-state index contributed by atoms with van der Waals surface area (Å²) < 4.78 is 5.53. The summed E-state index contributed by atoms with van der Waals surface area (Å²) in [6, 6.07) is 5.81. The van der Waals surface area contributed by atoms with Crippen molar-refractivity contribution in [2.24, 2.45) is 5.92 Å². The van der Waals surface area contributed by atoms with E-state index in [1.807, 2.05) is 32.0 Å². The van der Waals surface area contributed by atoms with Crippen LogP contribution < -0.4 is 4.74 Å². The van der Waals surface area contributed by atoms with E-state index in [2.05, 4.69) is 13.8 Å². The number of aryl methyl sites for hydroxylation is 1. The molecule has 0 saturated heterocycles. The zero-order valence-electron chi connectivity index (χ0n) is 11.2. The van der Waals surface area contributed by atoms with E-state index in [1.54, 1.807) is 0 Å². The summed E-state index contributed by atoms with van der Waals surface area (Å²) in [5.41, 5.74) is 1.84. The van der Waals surface area contributed by atoms with E-state index in [1.165, 1.54) is 0 Å². The van der Waals surface area contributed by atoms with Crippen LogP contribution in [0.4, 0.5) is 0 Å². The van der Waals surface area contributed by atoms with Gasteiger partial charge in [0, 0.05) is 5.92 Å². The zero-order valence-corrected chi connectivity index (χ0v) is 11.2. The van der Waals surface area contributed by atoms with Crippen LogP contribution in [0.2, 0.25) is 0 Å². The fraction of sp³-hybridized carbons (Fsp3) is 0.533. The first kappa shape index (κ1) is 13.8. The van der Waals surface area contributed by atoms with Crippen molar-refractivity contribution in [2.45, 2.75) is 40.5 Å². The lowest BCUT2D eigenvalue weighted by Crippen LogP contribution is -2.14. The Bertz CT molecular complexity index is 379. The van der Waals surface area contributed by atoms with Gasteiger partial charge < -0.3 is 4.74 Å². The van der Waals surface area contributed by atoms with Gasteiger partial charge in [0.05, 0.1) is 12.2 Å². The van der Waals surface area contributed by atoms with Gasteiger partial charge in [-0.25, -0.2) is 0 Å². The molecule has 2 heteroatoms. The van der Waals surface area contributed by atoms with E-state index >= 15 is 0 Å². The minimum atomic E-state index is 0.107. The predicted octanol–water partition coefficient (Wildman–Crippen LogP) is 4.01. The van der Waals surface area contributed by atoms with E-state index in [-0.39, 0.29) is 11.7 Å². The molecule has 0 spiro atoms. The minimum absolute atomic E-state index is 0.107. The van der Waals surface area contributed by atoms with Gasteiger partial charge in [0.1, 0.15) is 5.75 Å². The van der Waals surface area contributed by atoms with Crippen LogP contribution in [0.15, 0.2) is 18.2 Å². The molecule has 0 bridgehead atoms. The second kappa shape index (κ2) is 6.43. The van der Waals surface area contributed by atoms with Crippen LogP contribution in [0.25, 0.3) is 0 Å². The van der Waals surface area contributed by atoms with Crippen molar-refractivity contribution < 1.29 is 9.53 Å². The molecular formula is C15H22O2. The molecule has 0 aliphatic heterocycles. The topological polar surface area (TPSA) is 26.3 Å². The third kappa shape index (κ3) is 3.32. The summed E-state index contributed by atoms with van der Waals surface area (Å²) in [5, 5.41) is 0. The Morgan fingerprint density at radius 1 is 1.24 bits per heavy atom. The SMILES string of the molecule is CCOc1ccc(C)cc1C(=O)C(CC)CC. The van der Waals surface area contributed by atoms with Gasteiger partial charge in [-0.15, -0.1) is 0 Å². The van der Waals surface area contributed by atoms with Crippen LogP contribution in [0.5, 0.6) is 5.75 Å². The van der Waals surface area contributed by atoms with Crippen molar-refractivity contribution in [3.05, 3.63) is 29.3 Å². The molecule has 0 aliphatic carbocycles. The van der Waals surface area contributed by atoms with Crippen molar-refractivity contribution in [1.82, 2.24) is 0 Å². The Morgan fingerprint density at radius 2 is 1.88 bits per heavy atom. The Morgan fingerprint density at radius 3 is 2.41 bits per heavy atom. The van der Waals surface area contributed by atoms with Crippen LogP contribution in [0, 0.1) is 12.8 Å². The van der Waals surface area contributed by atoms with Gasteiger partial charge in [0.25, 0.3) is 0 Å². The molecule has 1 aromatic rings. The maximum Gasteiger partial charge on any atom is 0.169 e. The molecule has 0 amide bonds. The van der Waals surface area contributed by atoms with E-state index in [9.17, 15) is 4.79 Å². The third-order valence-electron chi connectivity index (χ3n) is 3.06. The molecule has 0 saturated carbocycles. The van der Waals surface area contributed by atoms with Crippen molar-refractivity contribution >= 4 is 5.78 Å². The van der Waals surface area contributed by atoms with E-state index in [4.69, 9.17) is 4.74 Å². The van der Waals surface area contributed by atoms with Crippen molar-refractivity contribution in [3.8, 4) is 5.75 Å². The number of Topliss-reactive ketones (excluding diaryl/α,β-unsaturated/α-hetero) is 1. The first-order chi connectivity index (χ1) is 8.13. The van der Waals surface area contributed by atoms with Gasteiger partial charge in [-0.3, -0.25) is 4.79 Å². The Hall–Kier alpha value is -1.31. The number of carbonyl (C=O) groups is 1. The average Bonchev–Trinajstić information content (AvgIpc) is 2.33. The molecule has 0 atom stereocenters. The lowest BCUT2D eigenvalue weighted by Gasteiger charge is -2.15. The quantitative estimate of drug-likeness (QED) is 0.695. The second-order valence-corrected chi connectivity index (χ2v) is 4.31. The highest BCUT2D eigenvalue weighted by Gasteiger charge is 2.20. The van der Waals surface area contributed by atoms with E-state index in [0.29, 0.717) is 6.61 Å². The van der Waals surface area contributed by atoms with Crippen LogP contribution in [0.1, 0.15) is 49.5 Å². The number of hydrogen-bond donors (Lipinski definition) is 0. The van der Waals surface area contributed by atoms with Crippen LogP contribution in [0.3, 0.4) is 0 Å². The zero-order chi connectivity index (χ0) is 12.8. The normalized spacial score (nSPS) is 10.6. The van der Waals surface area contributed by atoms with Crippen LogP contribution in [-0.4, -0.2) is 12.4 Å². The standard InChI is InChI=1S/C15H22O2/c1-5-12(6-2)15(16)13-10-11(4)8-9-14(13)17-7-3/h8-10,12H,5-7H2,1-4H3. The molecule has 0 aliphatic rings. The molecule has 0 aromatic heterocycles. The summed E-state index contributed by atoms with van der Waals surface area (Å²) in [5.74, 6) is 1.04. The lowest BCUT2D eigenvalue weighted by molar-refractivity contribution is 0.0909. The number of benzene rings is 1. The number of ketones is 1. The highest BCUT2D eigenvalue weighted by molar-refractivity contribution is 6.00. The number of hydrogen-bond acceptors (Lipinski definition) is 2. The second-order valence-electron chi connectivity index (χ2n) is 4.31. The van der Waals surface area contributed by atoms with Crippen molar-refractivity contribution in [2.75, 3.05) is 6.61 Å². The van der Waals surface area contributed by atoms with Gasteiger partial charge >= 0.3 is 0 Å². The maximum atomic E-state index is 12.4. The van der Waals surface area contributed by atoms with Gasteiger partial charge in [0.2, 0.25) is 0 Å². The third-order valence-corrected chi connectivity index (χ3v) is 3.06. The highest BCUT2D eigenvalue weighted by Crippen LogP contribution is 2.25. The smallest absolute Gasteiger partial charge is 0.169 e. The van der Waals surface area contributed by atoms with Gasteiger partial charge in [-0.1, -0.05) is 25.5 Å². The van der Waals surface area contributed by atoms with Gasteiger partial charge in [0.15, 0.2) is 5.78 Å². The van der Waals surface area contributed by atoms with Gasteiger partial charge in [-0.05, 0) is 38.8 Å². The predicted molar refractivity (Wildman–Crippen MR) is 70.8 cm³/mol. The summed E-state index contributed by atoms with van der Waals surface area (Å²) in [7, 11) is 0.